The molecular weight excluding hydrogens is 252 g/mol. The number of hydrogen-bond acceptors (Lipinski definition) is 4. The van der Waals surface area contributed by atoms with Gasteiger partial charge in [0.25, 0.3) is 0 Å². The number of aryl methyl sites for hydroxylation is 2. The third-order valence-corrected chi connectivity index (χ3v) is 4.00. The second-order valence-corrected chi connectivity index (χ2v) is 5.85. The Bertz CT molecular complexity index is 511. The third-order valence-electron chi connectivity index (χ3n) is 4.00. The number of nitrogens with one attached hydrogen (secondary N) is 2. The van der Waals surface area contributed by atoms with Gasteiger partial charge in [-0.1, -0.05) is 0 Å². The van der Waals surface area contributed by atoms with E-state index in [0.717, 1.165) is 36.7 Å². The molecule has 0 atom stereocenters. The van der Waals surface area contributed by atoms with E-state index in [0.29, 0.717) is 12.5 Å². The lowest BCUT2D eigenvalue weighted by molar-refractivity contribution is -0.119. The number of aromatic nitrogens is 2. The molecule has 3 rings (SSSR count). The van der Waals surface area contributed by atoms with Gasteiger partial charge in [0.05, 0.1) is 6.54 Å². The van der Waals surface area contributed by atoms with Crippen molar-refractivity contribution in [3.63, 3.8) is 0 Å². The van der Waals surface area contributed by atoms with Crippen LogP contribution in [0.1, 0.15) is 42.8 Å². The van der Waals surface area contributed by atoms with Crippen LogP contribution in [0.2, 0.25) is 0 Å². The molecule has 1 amide bonds. The molecule has 0 spiro atoms. The number of hydrogen-bond donors (Lipinski definition) is 2. The van der Waals surface area contributed by atoms with Crippen molar-refractivity contribution in [2.75, 3.05) is 18.4 Å². The number of nitrogens with zero attached hydrogens (tertiary/aromatic N) is 2. The molecule has 2 aliphatic rings. The van der Waals surface area contributed by atoms with Crippen molar-refractivity contribution in [2.24, 2.45) is 5.92 Å². The van der Waals surface area contributed by atoms with Gasteiger partial charge in [0, 0.05) is 17.8 Å². The van der Waals surface area contributed by atoms with Gasteiger partial charge in [-0.15, -0.1) is 0 Å². The summed E-state index contributed by atoms with van der Waals surface area (Å²) in [5, 5.41) is 6.16. The highest BCUT2D eigenvalue weighted by Gasteiger charge is 2.22. The predicted molar refractivity (Wildman–Crippen MR) is 77.6 cm³/mol. The van der Waals surface area contributed by atoms with E-state index in [1.807, 2.05) is 6.92 Å². The Kier molecular flexibility index (Phi) is 3.85. The average Bonchev–Trinajstić information content (AvgIpc) is 3.26. The molecule has 2 aliphatic carbocycles. The van der Waals surface area contributed by atoms with Gasteiger partial charge in [-0.05, 0) is 51.4 Å². The van der Waals surface area contributed by atoms with E-state index in [-0.39, 0.29) is 5.91 Å². The third kappa shape index (κ3) is 3.26. The van der Waals surface area contributed by atoms with Crippen molar-refractivity contribution in [1.82, 2.24) is 15.3 Å². The zero-order valence-corrected chi connectivity index (χ0v) is 12.0. The van der Waals surface area contributed by atoms with Gasteiger partial charge in [0.2, 0.25) is 5.91 Å². The fourth-order valence-corrected chi connectivity index (χ4v) is 2.67. The summed E-state index contributed by atoms with van der Waals surface area (Å²) in [6.45, 7) is 3.03. The minimum atomic E-state index is 0.0534. The fourth-order valence-electron chi connectivity index (χ4n) is 2.67. The Morgan fingerprint density at radius 3 is 2.85 bits per heavy atom. The van der Waals surface area contributed by atoms with Crippen LogP contribution in [0, 0.1) is 12.8 Å². The SMILES string of the molecule is Cc1nc2c(c(NCC(=O)NCC3CC3)n1)CCCC2. The van der Waals surface area contributed by atoms with Crippen LogP contribution in [-0.2, 0) is 17.6 Å². The van der Waals surface area contributed by atoms with Gasteiger partial charge in [0.15, 0.2) is 0 Å². The van der Waals surface area contributed by atoms with Gasteiger partial charge in [-0.25, -0.2) is 9.97 Å². The van der Waals surface area contributed by atoms with Crippen molar-refractivity contribution >= 4 is 11.7 Å². The molecule has 0 radical (unpaired) electrons. The molecule has 0 unspecified atom stereocenters. The number of carbonyl (C=O) groups is 1. The van der Waals surface area contributed by atoms with Crippen LogP contribution in [0.4, 0.5) is 5.82 Å². The Morgan fingerprint density at radius 1 is 1.25 bits per heavy atom. The summed E-state index contributed by atoms with van der Waals surface area (Å²) >= 11 is 0. The first kappa shape index (κ1) is 13.3. The number of anilines is 1. The zero-order chi connectivity index (χ0) is 13.9. The highest BCUT2D eigenvalue weighted by Crippen LogP contribution is 2.27. The quantitative estimate of drug-likeness (QED) is 0.856. The van der Waals surface area contributed by atoms with Crippen LogP contribution in [0.3, 0.4) is 0 Å². The van der Waals surface area contributed by atoms with Crippen molar-refractivity contribution in [2.45, 2.75) is 45.4 Å². The van der Waals surface area contributed by atoms with Crippen molar-refractivity contribution in [3.05, 3.63) is 17.1 Å². The molecule has 0 bridgehead atoms. The normalized spacial score (nSPS) is 17.4. The van der Waals surface area contributed by atoms with Crippen molar-refractivity contribution < 1.29 is 4.79 Å². The van der Waals surface area contributed by atoms with E-state index in [1.54, 1.807) is 0 Å². The Morgan fingerprint density at radius 2 is 2.05 bits per heavy atom. The van der Waals surface area contributed by atoms with Gasteiger partial charge in [-0.3, -0.25) is 4.79 Å². The Hall–Kier alpha value is -1.65. The summed E-state index contributed by atoms with van der Waals surface area (Å²) in [5.74, 6) is 2.41. The van der Waals surface area contributed by atoms with Crippen LogP contribution in [0.5, 0.6) is 0 Å². The molecule has 5 nitrogen and oxygen atoms in total. The van der Waals surface area contributed by atoms with Crippen LogP contribution in [0.15, 0.2) is 0 Å². The summed E-state index contributed by atoms with van der Waals surface area (Å²) in [4.78, 5) is 20.8. The molecule has 1 saturated carbocycles. The number of carbonyl (C=O) groups excluding carboxylic acids is 1. The van der Waals surface area contributed by atoms with Crippen molar-refractivity contribution in [3.8, 4) is 0 Å². The summed E-state index contributed by atoms with van der Waals surface area (Å²) in [5.41, 5.74) is 2.36. The largest absolute Gasteiger partial charge is 0.361 e. The Balaban J connectivity index is 1.61. The molecular formula is C15H22N4O. The molecule has 5 heteroatoms. The summed E-state index contributed by atoms with van der Waals surface area (Å²) in [6, 6.07) is 0. The minimum Gasteiger partial charge on any atom is -0.361 e. The van der Waals surface area contributed by atoms with Gasteiger partial charge in [0.1, 0.15) is 11.6 Å². The molecule has 108 valence electrons. The average molecular weight is 274 g/mol. The Labute approximate surface area is 119 Å². The lowest BCUT2D eigenvalue weighted by Gasteiger charge is -2.19. The van der Waals surface area contributed by atoms with Gasteiger partial charge < -0.3 is 10.6 Å². The highest BCUT2D eigenvalue weighted by atomic mass is 16.1. The minimum absolute atomic E-state index is 0.0534. The predicted octanol–water partition coefficient (Wildman–Crippen LogP) is 1.60. The first-order valence-electron chi connectivity index (χ1n) is 7.59. The number of rotatable bonds is 5. The molecule has 0 aromatic carbocycles. The highest BCUT2D eigenvalue weighted by molar-refractivity contribution is 5.80. The summed E-state index contributed by atoms with van der Waals surface area (Å²) < 4.78 is 0. The topological polar surface area (TPSA) is 66.9 Å². The zero-order valence-electron chi connectivity index (χ0n) is 12.0. The second-order valence-electron chi connectivity index (χ2n) is 5.85. The smallest absolute Gasteiger partial charge is 0.239 e. The van der Waals surface area contributed by atoms with Crippen LogP contribution >= 0.6 is 0 Å². The first-order valence-corrected chi connectivity index (χ1v) is 7.59. The molecule has 1 heterocycles. The van der Waals surface area contributed by atoms with Crippen LogP contribution < -0.4 is 10.6 Å². The van der Waals surface area contributed by atoms with Crippen molar-refractivity contribution in [1.29, 1.82) is 0 Å². The number of fused-ring (bicyclic) bond motifs is 1. The lowest BCUT2D eigenvalue weighted by Crippen LogP contribution is -2.32. The monoisotopic (exact) mass is 274 g/mol. The molecule has 0 aliphatic heterocycles. The maximum absolute atomic E-state index is 11.8. The van der Waals surface area contributed by atoms with E-state index < -0.39 is 0 Å². The molecule has 20 heavy (non-hydrogen) atoms. The van der Waals surface area contributed by atoms with Gasteiger partial charge >= 0.3 is 0 Å². The lowest BCUT2D eigenvalue weighted by atomic mass is 9.96. The number of amides is 1. The van der Waals surface area contributed by atoms with E-state index in [2.05, 4.69) is 20.6 Å². The van der Waals surface area contributed by atoms with E-state index >= 15 is 0 Å². The van der Waals surface area contributed by atoms with E-state index in [1.165, 1.54) is 31.2 Å². The van der Waals surface area contributed by atoms with E-state index in [4.69, 9.17) is 0 Å². The molecule has 1 fully saturated rings. The van der Waals surface area contributed by atoms with E-state index in [9.17, 15) is 4.79 Å². The maximum Gasteiger partial charge on any atom is 0.239 e. The molecule has 1 aromatic rings. The van der Waals surface area contributed by atoms with Gasteiger partial charge in [-0.2, -0.15) is 0 Å². The molecule has 0 saturated heterocycles. The molecule has 2 N–H and O–H groups in total. The summed E-state index contributed by atoms with van der Waals surface area (Å²) in [6.07, 6.45) is 6.94. The van der Waals surface area contributed by atoms with Crippen LogP contribution in [0.25, 0.3) is 0 Å². The second kappa shape index (κ2) is 5.77. The van der Waals surface area contributed by atoms with Crippen LogP contribution in [-0.4, -0.2) is 29.0 Å². The fraction of sp³-hybridized carbons (Fsp3) is 0.667. The molecule has 1 aromatic heterocycles. The standard InChI is InChI=1S/C15H22N4O/c1-10-18-13-5-3-2-4-12(13)15(19-10)17-9-14(20)16-8-11-6-7-11/h11H,2-9H2,1H3,(H,16,20)(H,17,18,19). The maximum atomic E-state index is 11.8. The first-order chi connectivity index (χ1) is 9.72. The summed E-state index contributed by atoms with van der Waals surface area (Å²) in [7, 11) is 0.